The van der Waals surface area contributed by atoms with Crippen LogP contribution in [0.4, 0.5) is 0 Å². The van der Waals surface area contributed by atoms with Crippen LogP contribution in [-0.4, -0.2) is 35.1 Å². The van der Waals surface area contributed by atoms with Crippen molar-refractivity contribution in [1.82, 2.24) is 20.8 Å². The standard InChI is InChI=1S/C21H21BrN4O2/c1-13-6-8-15(9-7-13)17-12-19(26-25-17)21(28)24-18(20(27)23-2)11-14-4-3-5-16(22)10-14/h3-10,12,18H,11H2,1-2H3,(H,23,27)(H,24,28)(H,25,26)/t18-/m0/s1. The van der Waals surface area contributed by atoms with Crippen LogP contribution in [0, 0.1) is 6.92 Å². The van der Waals surface area contributed by atoms with Crippen molar-refractivity contribution < 1.29 is 9.59 Å². The van der Waals surface area contributed by atoms with Gasteiger partial charge in [0.1, 0.15) is 11.7 Å². The summed E-state index contributed by atoms with van der Waals surface area (Å²) in [5.41, 5.74) is 3.98. The molecule has 1 heterocycles. The number of nitrogens with zero attached hydrogens (tertiary/aromatic N) is 1. The number of H-pyrrole nitrogens is 1. The van der Waals surface area contributed by atoms with Gasteiger partial charge in [0.05, 0.1) is 5.69 Å². The Morgan fingerprint density at radius 1 is 1.14 bits per heavy atom. The maximum Gasteiger partial charge on any atom is 0.269 e. The van der Waals surface area contributed by atoms with E-state index in [-0.39, 0.29) is 11.8 Å². The van der Waals surface area contributed by atoms with Crippen molar-refractivity contribution in [2.75, 3.05) is 7.05 Å². The van der Waals surface area contributed by atoms with Crippen molar-refractivity contribution in [3.8, 4) is 11.3 Å². The lowest BCUT2D eigenvalue weighted by atomic mass is 10.0. The number of amides is 2. The topological polar surface area (TPSA) is 86.9 Å². The minimum Gasteiger partial charge on any atom is -0.357 e. The number of hydrogen-bond donors (Lipinski definition) is 3. The summed E-state index contributed by atoms with van der Waals surface area (Å²) in [5, 5.41) is 12.4. The molecule has 3 aromatic rings. The molecule has 2 amide bonds. The Balaban J connectivity index is 1.74. The summed E-state index contributed by atoms with van der Waals surface area (Å²) in [4.78, 5) is 24.9. The largest absolute Gasteiger partial charge is 0.357 e. The number of aryl methyl sites for hydroxylation is 1. The minimum absolute atomic E-state index is 0.258. The highest BCUT2D eigenvalue weighted by atomic mass is 79.9. The normalized spacial score (nSPS) is 11.7. The van der Waals surface area contributed by atoms with Crippen molar-refractivity contribution >= 4 is 27.7 Å². The second-order valence-corrected chi connectivity index (χ2v) is 7.42. The van der Waals surface area contributed by atoms with Crippen LogP contribution in [0.1, 0.15) is 21.6 Å². The lowest BCUT2D eigenvalue weighted by Gasteiger charge is -2.17. The van der Waals surface area contributed by atoms with Crippen LogP contribution < -0.4 is 10.6 Å². The van der Waals surface area contributed by atoms with Gasteiger partial charge in [-0.25, -0.2) is 0 Å². The molecule has 0 radical (unpaired) electrons. The molecule has 1 atom stereocenters. The summed E-state index contributed by atoms with van der Waals surface area (Å²) in [6.07, 6.45) is 0.379. The number of benzene rings is 2. The van der Waals surface area contributed by atoms with E-state index in [4.69, 9.17) is 0 Å². The Morgan fingerprint density at radius 3 is 2.57 bits per heavy atom. The smallest absolute Gasteiger partial charge is 0.269 e. The molecule has 0 spiro atoms. The van der Waals surface area contributed by atoms with Crippen LogP contribution in [0.25, 0.3) is 11.3 Å². The third-order valence-corrected chi connectivity index (χ3v) is 4.86. The van der Waals surface area contributed by atoms with Gasteiger partial charge in [-0.05, 0) is 30.7 Å². The summed E-state index contributed by atoms with van der Waals surface area (Å²) < 4.78 is 0.920. The van der Waals surface area contributed by atoms with Crippen LogP contribution in [0.3, 0.4) is 0 Å². The number of halogens is 1. The van der Waals surface area contributed by atoms with Crippen molar-refractivity contribution in [3.63, 3.8) is 0 Å². The number of rotatable bonds is 6. The molecule has 0 aliphatic heterocycles. The highest BCUT2D eigenvalue weighted by Crippen LogP contribution is 2.18. The van der Waals surface area contributed by atoms with E-state index in [9.17, 15) is 9.59 Å². The van der Waals surface area contributed by atoms with Gasteiger partial charge in [0.2, 0.25) is 5.91 Å². The van der Waals surface area contributed by atoms with Gasteiger partial charge >= 0.3 is 0 Å². The second kappa shape index (κ2) is 8.84. The van der Waals surface area contributed by atoms with Gasteiger partial charge in [0.25, 0.3) is 5.91 Å². The van der Waals surface area contributed by atoms with Crippen LogP contribution in [0.2, 0.25) is 0 Å². The minimum atomic E-state index is -0.696. The molecular weight excluding hydrogens is 420 g/mol. The zero-order chi connectivity index (χ0) is 20.1. The first-order chi connectivity index (χ1) is 13.5. The molecule has 28 heavy (non-hydrogen) atoms. The predicted octanol–water partition coefficient (Wildman–Crippen LogP) is 3.23. The van der Waals surface area contributed by atoms with Gasteiger partial charge in [0, 0.05) is 23.5 Å². The molecule has 0 unspecified atom stereocenters. The first kappa shape index (κ1) is 19.8. The molecule has 2 aromatic carbocycles. The molecule has 0 saturated carbocycles. The second-order valence-electron chi connectivity index (χ2n) is 6.51. The van der Waals surface area contributed by atoms with E-state index >= 15 is 0 Å². The molecule has 0 fully saturated rings. The zero-order valence-electron chi connectivity index (χ0n) is 15.6. The van der Waals surface area contributed by atoms with Gasteiger partial charge in [-0.3, -0.25) is 14.7 Å². The Hall–Kier alpha value is -2.93. The average molecular weight is 441 g/mol. The van der Waals surface area contributed by atoms with Crippen LogP contribution in [0.5, 0.6) is 0 Å². The predicted molar refractivity (Wildman–Crippen MR) is 112 cm³/mol. The lowest BCUT2D eigenvalue weighted by Crippen LogP contribution is -2.47. The molecule has 3 rings (SSSR count). The Labute approximate surface area is 171 Å². The van der Waals surface area contributed by atoms with E-state index in [1.54, 1.807) is 13.1 Å². The number of aromatic amines is 1. The van der Waals surface area contributed by atoms with E-state index < -0.39 is 6.04 Å². The maximum atomic E-state index is 12.7. The zero-order valence-corrected chi connectivity index (χ0v) is 17.2. The first-order valence-electron chi connectivity index (χ1n) is 8.85. The van der Waals surface area contributed by atoms with Gasteiger partial charge in [-0.1, -0.05) is 57.9 Å². The van der Waals surface area contributed by atoms with E-state index in [0.717, 1.165) is 21.2 Å². The molecule has 0 aliphatic rings. The number of carbonyl (C=O) groups excluding carboxylic acids is 2. The highest BCUT2D eigenvalue weighted by Gasteiger charge is 2.22. The van der Waals surface area contributed by atoms with Gasteiger partial charge in [-0.2, -0.15) is 5.10 Å². The summed E-state index contributed by atoms with van der Waals surface area (Å²) in [6, 6.07) is 16.5. The molecule has 7 heteroatoms. The number of hydrogen-bond acceptors (Lipinski definition) is 3. The van der Waals surface area contributed by atoms with Crippen LogP contribution in [-0.2, 0) is 11.2 Å². The molecule has 3 N–H and O–H groups in total. The van der Waals surface area contributed by atoms with Gasteiger partial charge < -0.3 is 10.6 Å². The fourth-order valence-electron chi connectivity index (χ4n) is 2.83. The first-order valence-corrected chi connectivity index (χ1v) is 9.65. The lowest BCUT2D eigenvalue weighted by molar-refractivity contribution is -0.122. The molecular formula is C21H21BrN4O2. The van der Waals surface area contributed by atoms with Crippen LogP contribution in [0.15, 0.2) is 59.1 Å². The Morgan fingerprint density at radius 2 is 1.89 bits per heavy atom. The molecule has 144 valence electrons. The third kappa shape index (κ3) is 4.86. The SMILES string of the molecule is CNC(=O)[C@H](Cc1cccc(Br)c1)NC(=O)c1cc(-c2ccc(C)cc2)n[nH]1. The fraction of sp³-hybridized carbons (Fsp3) is 0.190. The maximum absolute atomic E-state index is 12.7. The number of carbonyl (C=O) groups is 2. The number of nitrogens with one attached hydrogen (secondary N) is 3. The summed E-state index contributed by atoms with van der Waals surface area (Å²) >= 11 is 3.42. The summed E-state index contributed by atoms with van der Waals surface area (Å²) in [5.74, 6) is -0.638. The Bertz CT molecular complexity index is 982. The van der Waals surface area contributed by atoms with E-state index in [0.29, 0.717) is 17.8 Å². The molecule has 0 saturated heterocycles. The molecule has 6 nitrogen and oxygen atoms in total. The molecule has 1 aromatic heterocycles. The van der Waals surface area contributed by atoms with E-state index in [2.05, 4.69) is 36.8 Å². The van der Waals surface area contributed by atoms with Gasteiger partial charge in [-0.15, -0.1) is 0 Å². The van der Waals surface area contributed by atoms with Crippen molar-refractivity contribution in [2.45, 2.75) is 19.4 Å². The Kier molecular flexibility index (Phi) is 6.26. The average Bonchev–Trinajstić information content (AvgIpc) is 3.18. The monoisotopic (exact) mass is 440 g/mol. The summed E-state index contributed by atoms with van der Waals surface area (Å²) in [7, 11) is 1.55. The van der Waals surface area contributed by atoms with Gasteiger partial charge in [0.15, 0.2) is 0 Å². The number of aromatic nitrogens is 2. The van der Waals surface area contributed by atoms with Crippen LogP contribution >= 0.6 is 15.9 Å². The van der Waals surface area contributed by atoms with Crippen molar-refractivity contribution in [3.05, 3.63) is 75.9 Å². The quantitative estimate of drug-likeness (QED) is 0.549. The fourth-order valence-corrected chi connectivity index (χ4v) is 3.28. The third-order valence-electron chi connectivity index (χ3n) is 4.37. The highest BCUT2D eigenvalue weighted by molar-refractivity contribution is 9.10. The van der Waals surface area contributed by atoms with E-state index in [1.807, 2.05) is 55.5 Å². The summed E-state index contributed by atoms with van der Waals surface area (Å²) in [6.45, 7) is 2.01. The van der Waals surface area contributed by atoms with E-state index in [1.165, 1.54) is 0 Å². The molecule has 0 aliphatic carbocycles. The number of likely N-dealkylation sites (N-methyl/N-ethyl adjacent to an activating group) is 1. The van der Waals surface area contributed by atoms with Crippen molar-refractivity contribution in [1.29, 1.82) is 0 Å². The van der Waals surface area contributed by atoms with Crippen molar-refractivity contribution in [2.24, 2.45) is 0 Å². The molecule has 0 bridgehead atoms.